The first-order chi connectivity index (χ1) is 11.9. The molecule has 1 fully saturated rings. The smallest absolute Gasteiger partial charge is 0.313 e. The Morgan fingerprint density at radius 3 is 2.76 bits per heavy atom. The predicted molar refractivity (Wildman–Crippen MR) is 95.6 cm³/mol. The maximum absolute atomic E-state index is 12.3. The fourth-order valence-corrected chi connectivity index (χ4v) is 3.36. The van der Waals surface area contributed by atoms with Gasteiger partial charge >= 0.3 is 5.97 Å². The molecule has 0 radical (unpaired) electrons. The Balaban J connectivity index is 2.27. The first kappa shape index (κ1) is 19.6. The molecule has 2 atom stereocenters. The maximum atomic E-state index is 12.3. The van der Waals surface area contributed by atoms with E-state index in [1.54, 1.807) is 6.08 Å². The van der Waals surface area contributed by atoms with Crippen molar-refractivity contribution < 1.29 is 24.9 Å². The second-order valence-corrected chi connectivity index (χ2v) is 7.00. The molecule has 5 heteroatoms. The van der Waals surface area contributed by atoms with E-state index in [1.165, 1.54) is 11.6 Å². The second kappa shape index (κ2) is 8.61. The number of hydrogen-bond donors (Lipinski definition) is 3. The average Bonchev–Trinajstić information content (AvgIpc) is 2.67. The van der Waals surface area contributed by atoms with E-state index in [2.05, 4.69) is 19.6 Å². The van der Waals surface area contributed by atoms with Gasteiger partial charge in [0, 0.05) is 5.92 Å². The lowest BCUT2D eigenvalue weighted by atomic mass is 9.76. The Bertz CT molecular complexity index is 595. The van der Waals surface area contributed by atoms with E-state index in [-0.39, 0.29) is 24.4 Å². The van der Waals surface area contributed by atoms with Gasteiger partial charge in [0.15, 0.2) is 0 Å². The van der Waals surface area contributed by atoms with Gasteiger partial charge in [-0.05, 0) is 44.3 Å². The van der Waals surface area contributed by atoms with Gasteiger partial charge in [0.2, 0.25) is 0 Å². The molecule has 0 aromatic rings. The molecule has 25 heavy (non-hydrogen) atoms. The molecule has 2 rings (SSSR count). The zero-order valence-corrected chi connectivity index (χ0v) is 14.8. The van der Waals surface area contributed by atoms with Crippen molar-refractivity contribution in [1.29, 1.82) is 0 Å². The number of cyclic esters (lactones) is 1. The van der Waals surface area contributed by atoms with E-state index >= 15 is 0 Å². The molecule has 5 nitrogen and oxygen atoms in total. The Morgan fingerprint density at radius 1 is 1.36 bits per heavy atom. The van der Waals surface area contributed by atoms with E-state index in [0.29, 0.717) is 0 Å². The molecule has 1 heterocycles. The number of ether oxygens (including phenoxy) is 1. The van der Waals surface area contributed by atoms with E-state index in [4.69, 9.17) is 14.9 Å². The van der Waals surface area contributed by atoms with Crippen LogP contribution in [0.3, 0.4) is 0 Å². The summed E-state index contributed by atoms with van der Waals surface area (Å²) in [5, 5.41) is 28.2. The number of aliphatic hydroxyl groups is 3. The van der Waals surface area contributed by atoms with Crippen LogP contribution in [0.15, 0.2) is 47.6 Å². The SMILES string of the molecule is C=C1CC/C=C(/C)CC[C@@H]2/C(=C\C=C\C(O)(CO)CO)COC(=O)[C@@H]12. The van der Waals surface area contributed by atoms with Crippen LogP contribution in [0.2, 0.25) is 0 Å². The molecular formula is C20H28O5. The minimum Gasteiger partial charge on any atom is -0.461 e. The molecule has 0 aromatic carbocycles. The van der Waals surface area contributed by atoms with Crippen LogP contribution in [-0.2, 0) is 9.53 Å². The van der Waals surface area contributed by atoms with Crippen molar-refractivity contribution in [3.05, 3.63) is 47.6 Å². The molecule has 3 N–H and O–H groups in total. The number of allylic oxidation sites excluding steroid dienone is 4. The predicted octanol–water partition coefficient (Wildman–Crippen LogP) is 2.05. The quantitative estimate of drug-likeness (QED) is 0.535. The summed E-state index contributed by atoms with van der Waals surface area (Å²) < 4.78 is 5.35. The van der Waals surface area contributed by atoms with Crippen molar-refractivity contribution in [3.8, 4) is 0 Å². The standard InChI is InChI=1S/C20H28O5/c1-14-5-3-6-15(2)18-17(9-8-14)16(11-25-19(18)23)7-4-10-20(24,12-21)13-22/h4-5,7,10,17-18,21-22,24H,2-3,6,8-9,11-13H2,1H3/b10-4+,14-5-,16-7-/t17-,18+/m1/s1. The van der Waals surface area contributed by atoms with Crippen LogP contribution in [0.4, 0.5) is 0 Å². The molecule has 2 aliphatic rings. The highest BCUT2D eigenvalue weighted by Gasteiger charge is 2.38. The van der Waals surface area contributed by atoms with Crippen LogP contribution < -0.4 is 0 Å². The van der Waals surface area contributed by atoms with Crippen LogP contribution in [0.1, 0.15) is 32.6 Å². The second-order valence-electron chi connectivity index (χ2n) is 7.00. The van der Waals surface area contributed by atoms with Gasteiger partial charge in [-0.3, -0.25) is 4.79 Å². The molecule has 1 aliphatic heterocycles. The zero-order chi connectivity index (χ0) is 18.4. The van der Waals surface area contributed by atoms with Crippen molar-refractivity contribution in [3.63, 3.8) is 0 Å². The highest BCUT2D eigenvalue weighted by Crippen LogP contribution is 2.38. The summed E-state index contributed by atoms with van der Waals surface area (Å²) in [7, 11) is 0. The Morgan fingerprint density at radius 2 is 2.08 bits per heavy atom. The molecule has 0 amide bonds. The number of fused-ring (bicyclic) bond motifs is 1. The third-order valence-corrected chi connectivity index (χ3v) is 5.03. The third-order valence-electron chi connectivity index (χ3n) is 5.03. The van der Waals surface area contributed by atoms with Crippen LogP contribution in [0, 0.1) is 11.8 Å². The van der Waals surface area contributed by atoms with Gasteiger partial charge in [-0.25, -0.2) is 0 Å². The molecule has 1 saturated heterocycles. The summed E-state index contributed by atoms with van der Waals surface area (Å²) in [5.74, 6) is -0.517. The number of carbonyl (C=O) groups excluding carboxylic acids is 1. The summed E-state index contributed by atoms with van der Waals surface area (Å²) in [6.07, 6.45) is 10.4. The lowest BCUT2D eigenvalue weighted by Crippen LogP contribution is -2.36. The van der Waals surface area contributed by atoms with Crippen molar-refractivity contribution in [2.75, 3.05) is 19.8 Å². The molecule has 0 bridgehead atoms. The monoisotopic (exact) mass is 348 g/mol. The zero-order valence-electron chi connectivity index (χ0n) is 14.8. The summed E-state index contributed by atoms with van der Waals surface area (Å²) in [6, 6.07) is 0. The minimum atomic E-state index is -1.65. The van der Waals surface area contributed by atoms with Gasteiger partial charge in [-0.15, -0.1) is 0 Å². The van der Waals surface area contributed by atoms with E-state index in [9.17, 15) is 9.90 Å². The van der Waals surface area contributed by atoms with Gasteiger partial charge < -0.3 is 20.1 Å². The number of aliphatic hydroxyl groups excluding tert-OH is 2. The van der Waals surface area contributed by atoms with Crippen LogP contribution in [0.5, 0.6) is 0 Å². The van der Waals surface area contributed by atoms with Gasteiger partial charge in [0.05, 0.1) is 19.1 Å². The van der Waals surface area contributed by atoms with Gasteiger partial charge in [0.25, 0.3) is 0 Å². The Labute approximate surface area is 149 Å². The number of carbonyl (C=O) groups is 1. The van der Waals surface area contributed by atoms with Gasteiger partial charge in [-0.2, -0.15) is 0 Å². The Hall–Kier alpha value is -1.69. The average molecular weight is 348 g/mol. The van der Waals surface area contributed by atoms with Gasteiger partial charge in [0.1, 0.15) is 12.2 Å². The van der Waals surface area contributed by atoms with E-state index in [0.717, 1.165) is 36.8 Å². The van der Waals surface area contributed by atoms with E-state index < -0.39 is 18.8 Å². The van der Waals surface area contributed by atoms with Crippen molar-refractivity contribution in [2.45, 2.75) is 38.2 Å². The Kier molecular flexibility index (Phi) is 6.76. The van der Waals surface area contributed by atoms with Gasteiger partial charge in [-0.1, -0.05) is 36.0 Å². The summed E-state index contributed by atoms with van der Waals surface area (Å²) in [4.78, 5) is 12.3. The molecule has 0 unspecified atom stereocenters. The first-order valence-electron chi connectivity index (χ1n) is 8.72. The topological polar surface area (TPSA) is 87.0 Å². The van der Waals surface area contributed by atoms with Crippen molar-refractivity contribution in [2.24, 2.45) is 11.8 Å². The molecule has 0 aromatic heterocycles. The number of esters is 1. The highest BCUT2D eigenvalue weighted by molar-refractivity contribution is 5.78. The third kappa shape index (κ3) is 4.91. The summed E-state index contributed by atoms with van der Waals surface area (Å²) >= 11 is 0. The fourth-order valence-electron chi connectivity index (χ4n) is 3.36. The largest absolute Gasteiger partial charge is 0.461 e. The van der Waals surface area contributed by atoms with E-state index in [1.807, 2.05) is 6.08 Å². The lowest BCUT2D eigenvalue weighted by molar-refractivity contribution is -0.151. The molecule has 0 saturated carbocycles. The first-order valence-corrected chi connectivity index (χ1v) is 8.72. The van der Waals surface area contributed by atoms with Crippen LogP contribution in [-0.4, -0.2) is 46.7 Å². The van der Waals surface area contributed by atoms with Crippen molar-refractivity contribution >= 4 is 5.97 Å². The highest BCUT2D eigenvalue weighted by atomic mass is 16.5. The number of rotatable bonds is 4. The summed E-state index contributed by atoms with van der Waals surface area (Å²) in [5.41, 5.74) is 1.54. The van der Waals surface area contributed by atoms with Crippen LogP contribution in [0.25, 0.3) is 0 Å². The molecular weight excluding hydrogens is 320 g/mol. The molecule has 1 aliphatic carbocycles. The normalized spacial score (nSPS) is 29.4. The fraction of sp³-hybridized carbons (Fsp3) is 0.550. The number of hydrogen-bond acceptors (Lipinski definition) is 5. The molecule has 0 spiro atoms. The van der Waals surface area contributed by atoms with Crippen molar-refractivity contribution in [1.82, 2.24) is 0 Å². The minimum absolute atomic E-state index is 0.0243. The lowest BCUT2D eigenvalue weighted by Gasteiger charge is -2.33. The maximum Gasteiger partial charge on any atom is 0.313 e. The van der Waals surface area contributed by atoms with Crippen LogP contribution >= 0.6 is 0 Å². The molecule has 138 valence electrons. The summed E-state index contributed by atoms with van der Waals surface area (Å²) in [6.45, 7) is 5.31.